The molecule has 0 saturated heterocycles. The van der Waals surface area contributed by atoms with Gasteiger partial charge in [0, 0.05) is 5.02 Å². The molecule has 0 bridgehead atoms. The molecule has 0 aromatic heterocycles. The molecule has 2 aromatic carbocycles. The van der Waals surface area contributed by atoms with Crippen molar-refractivity contribution >= 4 is 27.8 Å². The van der Waals surface area contributed by atoms with Crippen LogP contribution in [0, 0.1) is 0 Å². The molecule has 2 rings (SSSR count). The Labute approximate surface area is 139 Å². The summed E-state index contributed by atoms with van der Waals surface area (Å²) >= 11 is 5.73. The zero-order valence-electron chi connectivity index (χ0n) is 12.5. The van der Waals surface area contributed by atoms with Gasteiger partial charge in [-0.15, -0.1) is 0 Å². The molecule has 0 aliphatic carbocycles. The van der Waals surface area contributed by atoms with Crippen LogP contribution in [0.1, 0.15) is 5.56 Å². The van der Waals surface area contributed by atoms with E-state index in [1.807, 2.05) is 0 Å². The minimum absolute atomic E-state index is 0.0753. The van der Waals surface area contributed by atoms with Gasteiger partial charge in [-0.2, -0.15) is 13.5 Å². The molecule has 0 aliphatic heterocycles. The summed E-state index contributed by atoms with van der Waals surface area (Å²) in [6.07, 6.45) is 1.37. The molecule has 0 fully saturated rings. The van der Waals surface area contributed by atoms with E-state index in [9.17, 15) is 8.42 Å². The molecule has 23 heavy (non-hydrogen) atoms. The Bertz CT molecular complexity index is 805. The van der Waals surface area contributed by atoms with Crippen molar-refractivity contribution in [3.05, 3.63) is 53.1 Å². The Morgan fingerprint density at radius 2 is 1.70 bits per heavy atom. The van der Waals surface area contributed by atoms with E-state index in [1.54, 1.807) is 18.2 Å². The molecule has 0 saturated carbocycles. The zero-order valence-corrected chi connectivity index (χ0v) is 14.1. The first-order valence-electron chi connectivity index (χ1n) is 6.49. The number of hydrogen-bond acceptors (Lipinski definition) is 5. The molecule has 122 valence electrons. The Balaban J connectivity index is 2.13. The summed E-state index contributed by atoms with van der Waals surface area (Å²) in [5.74, 6) is 1.10. The lowest BCUT2D eigenvalue weighted by Gasteiger charge is -2.07. The predicted molar refractivity (Wildman–Crippen MR) is 88.9 cm³/mol. The molecule has 8 heteroatoms. The van der Waals surface area contributed by atoms with Crippen LogP contribution >= 0.6 is 11.6 Å². The molecule has 0 aliphatic rings. The van der Waals surface area contributed by atoms with Crippen LogP contribution in [0.15, 0.2) is 52.5 Å². The highest BCUT2D eigenvalue weighted by Crippen LogP contribution is 2.26. The van der Waals surface area contributed by atoms with Gasteiger partial charge in [0.25, 0.3) is 10.0 Å². The molecule has 0 spiro atoms. The zero-order chi connectivity index (χ0) is 16.9. The summed E-state index contributed by atoms with van der Waals surface area (Å²) in [7, 11) is -0.689. The van der Waals surface area contributed by atoms with Gasteiger partial charge < -0.3 is 9.47 Å². The van der Waals surface area contributed by atoms with Crippen molar-refractivity contribution in [2.75, 3.05) is 14.2 Å². The summed E-state index contributed by atoms with van der Waals surface area (Å²) in [6.45, 7) is 0. The Hall–Kier alpha value is -2.25. The van der Waals surface area contributed by atoms with Crippen molar-refractivity contribution in [3.63, 3.8) is 0 Å². The van der Waals surface area contributed by atoms with Crippen molar-refractivity contribution in [1.29, 1.82) is 0 Å². The molecule has 2 aromatic rings. The number of benzene rings is 2. The Morgan fingerprint density at radius 1 is 1.04 bits per heavy atom. The highest BCUT2D eigenvalue weighted by molar-refractivity contribution is 7.89. The van der Waals surface area contributed by atoms with Gasteiger partial charge >= 0.3 is 0 Å². The minimum atomic E-state index is -3.74. The average molecular weight is 355 g/mol. The number of ether oxygens (including phenoxy) is 2. The van der Waals surface area contributed by atoms with E-state index in [-0.39, 0.29) is 4.90 Å². The van der Waals surface area contributed by atoms with Crippen LogP contribution in [0.2, 0.25) is 5.02 Å². The van der Waals surface area contributed by atoms with E-state index in [2.05, 4.69) is 9.93 Å². The standard InChI is InChI=1S/C15H15ClN2O4S/c1-21-14-8-3-11(9-15(14)22-2)10-17-18-23(19,20)13-6-4-12(16)5-7-13/h3-10,18H,1-2H3/b17-10+. The maximum Gasteiger partial charge on any atom is 0.276 e. The van der Waals surface area contributed by atoms with Crippen molar-refractivity contribution < 1.29 is 17.9 Å². The fourth-order valence-electron chi connectivity index (χ4n) is 1.77. The van der Waals surface area contributed by atoms with Gasteiger partial charge in [-0.1, -0.05) is 11.6 Å². The number of sulfonamides is 1. The van der Waals surface area contributed by atoms with Gasteiger partial charge in [0.1, 0.15) is 0 Å². The quantitative estimate of drug-likeness (QED) is 0.639. The third-order valence-corrected chi connectivity index (χ3v) is 4.41. The van der Waals surface area contributed by atoms with Crippen LogP contribution in [0.5, 0.6) is 11.5 Å². The largest absolute Gasteiger partial charge is 0.493 e. The van der Waals surface area contributed by atoms with Crippen LogP contribution in [-0.4, -0.2) is 28.9 Å². The second kappa shape index (κ2) is 7.34. The van der Waals surface area contributed by atoms with Gasteiger partial charge in [0.05, 0.1) is 25.3 Å². The maximum atomic E-state index is 12.0. The van der Waals surface area contributed by atoms with Crippen molar-refractivity contribution in [2.24, 2.45) is 5.10 Å². The Morgan fingerprint density at radius 3 is 2.30 bits per heavy atom. The van der Waals surface area contributed by atoms with E-state index in [1.165, 1.54) is 44.7 Å². The molecule has 0 unspecified atom stereocenters. The first-order valence-corrected chi connectivity index (χ1v) is 8.35. The van der Waals surface area contributed by atoms with Gasteiger partial charge in [0.2, 0.25) is 0 Å². The topological polar surface area (TPSA) is 77.0 Å². The SMILES string of the molecule is COc1ccc(/C=N/NS(=O)(=O)c2ccc(Cl)cc2)cc1OC. The van der Waals surface area contributed by atoms with Crippen molar-refractivity contribution in [2.45, 2.75) is 4.90 Å². The number of hydrogen-bond donors (Lipinski definition) is 1. The third-order valence-electron chi connectivity index (χ3n) is 2.92. The highest BCUT2D eigenvalue weighted by Gasteiger charge is 2.12. The number of halogens is 1. The molecule has 0 amide bonds. The first kappa shape index (κ1) is 17.1. The summed E-state index contributed by atoms with van der Waals surface area (Å²) in [4.78, 5) is 2.21. The number of rotatable bonds is 6. The average Bonchev–Trinajstić information content (AvgIpc) is 2.55. The normalized spacial score (nSPS) is 11.4. The van der Waals surface area contributed by atoms with Crippen molar-refractivity contribution in [3.8, 4) is 11.5 Å². The van der Waals surface area contributed by atoms with Crippen LogP contribution in [0.3, 0.4) is 0 Å². The van der Waals surface area contributed by atoms with E-state index in [0.717, 1.165) is 0 Å². The number of nitrogens with one attached hydrogen (secondary N) is 1. The molecule has 0 heterocycles. The minimum Gasteiger partial charge on any atom is -0.493 e. The van der Waals surface area contributed by atoms with Crippen LogP contribution < -0.4 is 14.3 Å². The fourth-order valence-corrected chi connectivity index (χ4v) is 2.69. The van der Waals surface area contributed by atoms with Crippen LogP contribution in [-0.2, 0) is 10.0 Å². The van der Waals surface area contributed by atoms with E-state index in [0.29, 0.717) is 22.1 Å². The molecule has 1 N–H and O–H groups in total. The first-order chi connectivity index (χ1) is 11.0. The summed E-state index contributed by atoms with van der Waals surface area (Å²) in [5, 5.41) is 4.21. The molecule has 6 nitrogen and oxygen atoms in total. The molecule has 0 atom stereocenters. The second-order valence-corrected chi connectivity index (χ2v) is 6.52. The fraction of sp³-hybridized carbons (Fsp3) is 0.133. The summed E-state index contributed by atoms with van der Waals surface area (Å²) < 4.78 is 34.4. The second-order valence-electron chi connectivity index (χ2n) is 4.42. The summed E-state index contributed by atoms with van der Waals surface area (Å²) in [5.41, 5.74) is 0.654. The Kier molecular flexibility index (Phi) is 5.46. The number of hydrazone groups is 1. The van der Waals surface area contributed by atoms with E-state index in [4.69, 9.17) is 21.1 Å². The molecular weight excluding hydrogens is 340 g/mol. The van der Waals surface area contributed by atoms with E-state index < -0.39 is 10.0 Å². The van der Waals surface area contributed by atoms with E-state index >= 15 is 0 Å². The van der Waals surface area contributed by atoms with Crippen molar-refractivity contribution in [1.82, 2.24) is 4.83 Å². The van der Waals surface area contributed by atoms with Crippen LogP contribution in [0.4, 0.5) is 0 Å². The van der Waals surface area contributed by atoms with Gasteiger partial charge in [-0.05, 0) is 48.0 Å². The predicted octanol–water partition coefficient (Wildman–Crippen LogP) is 2.67. The third kappa shape index (κ3) is 4.37. The van der Waals surface area contributed by atoms with Gasteiger partial charge in [-0.3, -0.25) is 0 Å². The number of methoxy groups -OCH3 is 2. The lowest BCUT2D eigenvalue weighted by atomic mass is 10.2. The monoisotopic (exact) mass is 354 g/mol. The highest BCUT2D eigenvalue weighted by atomic mass is 35.5. The molecule has 0 radical (unpaired) electrons. The lowest BCUT2D eigenvalue weighted by Crippen LogP contribution is -2.18. The van der Waals surface area contributed by atoms with Crippen LogP contribution in [0.25, 0.3) is 0 Å². The van der Waals surface area contributed by atoms with Gasteiger partial charge in [-0.25, -0.2) is 4.83 Å². The maximum absolute atomic E-state index is 12.0. The van der Waals surface area contributed by atoms with Gasteiger partial charge in [0.15, 0.2) is 11.5 Å². The lowest BCUT2D eigenvalue weighted by molar-refractivity contribution is 0.355. The summed E-state index contributed by atoms with van der Waals surface area (Å²) in [6, 6.07) is 10.9. The number of nitrogens with zero attached hydrogens (tertiary/aromatic N) is 1. The smallest absolute Gasteiger partial charge is 0.276 e. The molecular formula is C15H15ClN2O4S.